The largest absolute Gasteiger partial charge is 0.476 e. The molecule has 0 aliphatic rings. The lowest BCUT2D eigenvalue weighted by Crippen LogP contribution is -2.20. The van der Waals surface area contributed by atoms with Crippen LogP contribution in [0, 0.1) is 0 Å². The molecule has 0 fully saturated rings. The highest BCUT2D eigenvalue weighted by atomic mass is 32.1. The monoisotopic (exact) mass is 266 g/mol. The molecular formula is C12H18N4OS. The van der Waals surface area contributed by atoms with Crippen molar-refractivity contribution in [3.05, 3.63) is 11.4 Å². The van der Waals surface area contributed by atoms with Crippen molar-refractivity contribution in [2.24, 2.45) is 0 Å². The molecule has 18 heavy (non-hydrogen) atoms. The lowest BCUT2D eigenvalue weighted by atomic mass is 10.4. The van der Waals surface area contributed by atoms with E-state index in [1.165, 1.54) is 0 Å². The summed E-state index contributed by atoms with van der Waals surface area (Å²) in [6.45, 7) is 4.31. The van der Waals surface area contributed by atoms with Crippen molar-refractivity contribution < 1.29 is 4.74 Å². The van der Waals surface area contributed by atoms with E-state index in [2.05, 4.69) is 20.2 Å². The van der Waals surface area contributed by atoms with Crippen molar-refractivity contribution in [3.8, 4) is 5.88 Å². The number of fused-ring (bicyclic) bond motifs is 1. The number of anilines is 1. The third-order valence-electron chi connectivity index (χ3n) is 2.40. The van der Waals surface area contributed by atoms with Crippen LogP contribution in [-0.4, -0.2) is 48.7 Å². The van der Waals surface area contributed by atoms with Gasteiger partial charge in [-0.2, -0.15) is 4.98 Å². The molecule has 98 valence electrons. The van der Waals surface area contributed by atoms with Gasteiger partial charge in [0.1, 0.15) is 11.4 Å². The summed E-state index contributed by atoms with van der Waals surface area (Å²) in [5, 5.41) is 6.12. The Balaban J connectivity index is 2.20. The zero-order valence-corrected chi connectivity index (χ0v) is 11.8. The SMILES string of the molecule is CCNc1nc(OCCN(C)C)c2ccsc2n1. The summed E-state index contributed by atoms with van der Waals surface area (Å²) >= 11 is 1.60. The number of hydrogen-bond donors (Lipinski definition) is 1. The van der Waals surface area contributed by atoms with Gasteiger partial charge in [0.05, 0.1) is 5.39 Å². The molecule has 2 aromatic rings. The summed E-state index contributed by atoms with van der Waals surface area (Å²) in [5.74, 6) is 1.30. The number of ether oxygens (including phenoxy) is 1. The fourth-order valence-electron chi connectivity index (χ4n) is 1.50. The maximum Gasteiger partial charge on any atom is 0.227 e. The van der Waals surface area contributed by atoms with E-state index >= 15 is 0 Å². The highest BCUT2D eigenvalue weighted by Gasteiger charge is 2.09. The summed E-state index contributed by atoms with van der Waals surface area (Å²) in [5.41, 5.74) is 0. The summed E-state index contributed by atoms with van der Waals surface area (Å²) in [4.78, 5) is 11.9. The molecule has 0 aliphatic carbocycles. The van der Waals surface area contributed by atoms with Gasteiger partial charge in [0.2, 0.25) is 11.8 Å². The molecule has 0 aromatic carbocycles. The second-order valence-electron chi connectivity index (χ2n) is 4.17. The Kier molecular flexibility index (Phi) is 4.33. The first-order valence-electron chi connectivity index (χ1n) is 5.97. The predicted molar refractivity (Wildman–Crippen MR) is 75.6 cm³/mol. The predicted octanol–water partition coefficient (Wildman–Crippen LogP) is 2.06. The molecule has 0 saturated heterocycles. The Morgan fingerprint density at radius 1 is 1.39 bits per heavy atom. The van der Waals surface area contributed by atoms with E-state index < -0.39 is 0 Å². The molecule has 0 bridgehead atoms. The van der Waals surface area contributed by atoms with Crippen molar-refractivity contribution in [2.45, 2.75) is 6.92 Å². The second-order valence-corrected chi connectivity index (χ2v) is 5.07. The molecule has 0 amide bonds. The lowest BCUT2D eigenvalue weighted by molar-refractivity contribution is 0.256. The molecule has 0 aliphatic heterocycles. The minimum Gasteiger partial charge on any atom is -0.476 e. The van der Waals surface area contributed by atoms with Gasteiger partial charge < -0.3 is 15.0 Å². The first-order valence-corrected chi connectivity index (χ1v) is 6.85. The van der Waals surface area contributed by atoms with Gasteiger partial charge in [0, 0.05) is 13.1 Å². The fraction of sp³-hybridized carbons (Fsp3) is 0.500. The maximum absolute atomic E-state index is 5.75. The van der Waals surface area contributed by atoms with E-state index in [4.69, 9.17) is 4.74 Å². The molecule has 2 heterocycles. The Morgan fingerprint density at radius 3 is 2.94 bits per heavy atom. The van der Waals surface area contributed by atoms with Crippen LogP contribution in [0.2, 0.25) is 0 Å². The molecule has 1 N–H and O–H groups in total. The van der Waals surface area contributed by atoms with Gasteiger partial charge in [-0.1, -0.05) is 0 Å². The smallest absolute Gasteiger partial charge is 0.227 e. The van der Waals surface area contributed by atoms with Crippen LogP contribution in [0.1, 0.15) is 6.92 Å². The van der Waals surface area contributed by atoms with Gasteiger partial charge >= 0.3 is 0 Å². The molecule has 0 atom stereocenters. The highest BCUT2D eigenvalue weighted by molar-refractivity contribution is 7.16. The summed E-state index contributed by atoms with van der Waals surface area (Å²) in [7, 11) is 4.04. The first-order chi connectivity index (χ1) is 8.70. The van der Waals surface area contributed by atoms with E-state index in [1.807, 2.05) is 32.5 Å². The number of aromatic nitrogens is 2. The average molecular weight is 266 g/mol. The number of nitrogens with zero attached hydrogens (tertiary/aromatic N) is 3. The van der Waals surface area contributed by atoms with Crippen molar-refractivity contribution in [2.75, 3.05) is 39.1 Å². The molecule has 0 saturated carbocycles. The van der Waals surface area contributed by atoms with Crippen LogP contribution in [0.15, 0.2) is 11.4 Å². The Hall–Kier alpha value is -1.40. The Labute approximate surface area is 111 Å². The van der Waals surface area contributed by atoms with Gasteiger partial charge in [0.15, 0.2) is 0 Å². The van der Waals surface area contributed by atoms with E-state index in [9.17, 15) is 0 Å². The molecular weight excluding hydrogens is 248 g/mol. The first kappa shape index (κ1) is 13.0. The van der Waals surface area contributed by atoms with Crippen LogP contribution in [-0.2, 0) is 0 Å². The Bertz CT molecular complexity index is 512. The number of thiophene rings is 1. The second kappa shape index (κ2) is 5.97. The number of hydrogen-bond acceptors (Lipinski definition) is 6. The van der Waals surface area contributed by atoms with E-state index in [0.29, 0.717) is 18.4 Å². The summed E-state index contributed by atoms with van der Waals surface area (Å²) in [6, 6.07) is 2.00. The number of nitrogens with one attached hydrogen (secondary N) is 1. The molecule has 0 unspecified atom stereocenters. The third kappa shape index (κ3) is 3.08. The van der Waals surface area contributed by atoms with E-state index in [0.717, 1.165) is 23.3 Å². The standard InChI is InChI=1S/C12H18N4OS/c1-4-13-12-14-10(17-7-6-16(2)3)9-5-8-18-11(9)15-12/h5,8H,4,6-7H2,1-3H3,(H,13,14,15). The van der Waals surface area contributed by atoms with Crippen LogP contribution in [0.3, 0.4) is 0 Å². The zero-order valence-electron chi connectivity index (χ0n) is 10.9. The van der Waals surface area contributed by atoms with Gasteiger partial charge in [-0.25, -0.2) is 4.98 Å². The van der Waals surface area contributed by atoms with Crippen LogP contribution in [0.5, 0.6) is 5.88 Å². The maximum atomic E-state index is 5.75. The molecule has 5 nitrogen and oxygen atoms in total. The normalized spacial score (nSPS) is 11.1. The van der Waals surface area contributed by atoms with Crippen LogP contribution >= 0.6 is 11.3 Å². The van der Waals surface area contributed by atoms with Gasteiger partial charge in [-0.05, 0) is 32.5 Å². The average Bonchev–Trinajstić information content (AvgIpc) is 2.77. The molecule has 6 heteroatoms. The fourth-order valence-corrected chi connectivity index (χ4v) is 2.25. The minimum absolute atomic E-state index is 0.626. The zero-order chi connectivity index (χ0) is 13.0. The number of likely N-dealkylation sites (N-methyl/N-ethyl adjacent to an activating group) is 1. The topological polar surface area (TPSA) is 50.3 Å². The van der Waals surface area contributed by atoms with Gasteiger partial charge in [-0.15, -0.1) is 11.3 Å². The quantitative estimate of drug-likeness (QED) is 0.867. The van der Waals surface area contributed by atoms with Crippen molar-refractivity contribution in [1.29, 1.82) is 0 Å². The van der Waals surface area contributed by atoms with E-state index in [1.54, 1.807) is 11.3 Å². The van der Waals surface area contributed by atoms with Gasteiger partial charge in [-0.3, -0.25) is 0 Å². The summed E-state index contributed by atoms with van der Waals surface area (Å²) in [6.07, 6.45) is 0. The Morgan fingerprint density at radius 2 is 2.22 bits per heavy atom. The van der Waals surface area contributed by atoms with Crippen LogP contribution < -0.4 is 10.1 Å². The van der Waals surface area contributed by atoms with Gasteiger partial charge in [0.25, 0.3) is 0 Å². The molecule has 0 spiro atoms. The van der Waals surface area contributed by atoms with Crippen molar-refractivity contribution >= 4 is 27.5 Å². The van der Waals surface area contributed by atoms with E-state index in [-0.39, 0.29) is 0 Å². The summed E-state index contributed by atoms with van der Waals surface area (Å²) < 4.78 is 5.75. The number of rotatable bonds is 6. The third-order valence-corrected chi connectivity index (χ3v) is 3.21. The van der Waals surface area contributed by atoms with Crippen LogP contribution in [0.4, 0.5) is 5.95 Å². The minimum atomic E-state index is 0.626. The van der Waals surface area contributed by atoms with Crippen molar-refractivity contribution in [3.63, 3.8) is 0 Å². The molecule has 2 rings (SSSR count). The molecule has 2 aromatic heterocycles. The van der Waals surface area contributed by atoms with Crippen molar-refractivity contribution in [1.82, 2.24) is 14.9 Å². The molecule has 0 radical (unpaired) electrons. The van der Waals surface area contributed by atoms with Crippen LogP contribution in [0.25, 0.3) is 10.2 Å². The highest BCUT2D eigenvalue weighted by Crippen LogP contribution is 2.27. The lowest BCUT2D eigenvalue weighted by Gasteiger charge is -2.11.